The molecule has 0 atom stereocenters. The first-order valence-corrected chi connectivity index (χ1v) is 6.21. The van der Waals surface area contributed by atoms with E-state index in [9.17, 15) is 18.3 Å². The van der Waals surface area contributed by atoms with Crippen molar-refractivity contribution < 1.29 is 23.1 Å². The third-order valence-corrected chi connectivity index (χ3v) is 4.17. The Balaban J connectivity index is 2.56. The number of carbonyl (C=O) groups excluding carboxylic acids is 1. The van der Waals surface area contributed by atoms with E-state index in [1.807, 2.05) is 0 Å². The molecule has 0 aromatic rings. The number of aliphatic hydroxyl groups is 1. The molecule has 1 saturated heterocycles. The van der Waals surface area contributed by atoms with Gasteiger partial charge in [-0.05, 0) is 6.42 Å². The second-order valence-electron chi connectivity index (χ2n) is 3.68. The molecule has 0 aromatic carbocycles. The van der Waals surface area contributed by atoms with Crippen LogP contribution < -0.4 is 0 Å². The van der Waals surface area contributed by atoms with Crippen molar-refractivity contribution in [3.8, 4) is 0 Å². The molecule has 0 radical (unpaired) electrons. The molecule has 1 N–H and O–H groups in total. The summed E-state index contributed by atoms with van der Waals surface area (Å²) in [5.74, 6) is -1.45. The van der Waals surface area contributed by atoms with Gasteiger partial charge in [-0.1, -0.05) is 6.92 Å². The lowest BCUT2D eigenvalue weighted by Crippen LogP contribution is -2.63. The maximum absolute atomic E-state index is 11.5. The Morgan fingerprint density at radius 1 is 1.53 bits per heavy atom. The average molecular weight is 237 g/mol. The van der Waals surface area contributed by atoms with Crippen molar-refractivity contribution >= 4 is 16.0 Å². The van der Waals surface area contributed by atoms with Gasteiger partial charge >= 0.3 is 5.97 Å². The summed E-state index contributed by atoms with van der Waals surface area (Å²) in [4.78, 5) is 10.8. The van der Waals surface area contributed by atoms with Crippen LogP contribution in [0.2, 0.25) is 0 Å². The Bertz CT molecular complexity index is 344. The quantitative estimate of drug-likeness (QED) is 0.630. The number of hydrogen-bond acceptors (Lipinski definition) is 5. The molecule has 0 spiro atoms. The molecule has 0 unspecified atom stereocenters. The molecule has 0 amide bonds. The van der Waals surface area contributed by atoms with Gasteiger partial charge in [0, 0.05) is 13.1 Å². The first-order valence-electron chi connectivity index (χ1n) is 4.60. The first-order chi connectivity index (χ1) is 6.83. The van der Waals surface area contributed by atoms with E-state index < -0.39 is 27.3 Å². The zero-order valence-electron chi connectivity index (χ0n) is 8.76. The van der Waals surface area contributed by atoms with E-state index in [2.05, 4.69) is 4.74 Å². The molecule has 0 saturated carbocycles. The van der Waals surface area contributed by atoms with E-state index in [4.69, 9.17) is 0 Å². The monoisotopic (exact) mass is 237 g/mol. The maximum atomic E-state index is 11.5. The molecule has 7 heteroatoms. The minimum atomic E-state index is -3.62. The van der Waals surface area contributed by atoms with Crippen LogP contribution >= 0.6 is 0 Å². The minimum absolute atomic E-state index is 0.0584. The number of carbonyl (C=O) groups is 1. The zero-order valence-corrected chi connectivity index (χ0v) is 9.58. The number of ether oxygens (including phenoxy) is 1. The summed E-state index contributed by atoms with van der Waals surface area (Å²) >= 11 is 0. The Kier molecular flexibility index (Phi) is 3.37. The van der Waals surface area contributed by atoms with E-state index in [-0.39, 0.29) is 13.1 Å². The van der Waals surface area contributed by atoms with Gasteiger partial charge in [-0.15, -0.1) is 0 Å². The lowest BCUT2D eigenvalue weighted by Gasteiger charge is -2.44. The van der Waals surface area contributed by atoms with E-state index in [1.54, 1.807) is 6.92 Å². The molecular formula is C8H15NO5S. The van der Waals surface area contributed by atoms with Crippen LogP contribution in [0, 0.1) is 0 Å². The van der Waals surface area contributed by atoms with Crippen molar-refractivity contribution in [2.24, 2.45) is 0 Å². The fraction of sp³-hybridized carbons (Fsp3) is 0.875. The van der Waals surface area contributed by atoms with Crippen molar-refractivity contribution in [3.63, 3.8) is 0 Å². The molecular weight excluding hydrogens is 222 g/mol. The van der Waals surface area contributed by atoms with E-state index in [0.29, 0.717) is 6.42 Å². The molecule has 1 aliphatic heterocycles. The fourth-order valence-corrected chi connectivity index (χ4v) is 2.80. The number of hydrogen-bond donors (Lipinski definition) is 1. The predicted octanol–water partition coefficient (Wildman–Crippen LogP) is -1.05. The molecule has 1 heterocycles. The normalized spacial score (nSPS) is 20.7. The zero-order chi connectivity index (χ0) is 11.7. The van der Waals surface area contributed by atoms with Crippen LogP contribution in [-0.4, -0.2) is 55.4 Å². The van der Waals surface area contributed by atoms with Gasteiger partial charge in [0.05, 0.1) is 12.7 Å². The highest BCUT2D eigenvalue weighted by Crippen LogP contribution is 2.26. The summed E-state index contributed by atoms with van der Waals surface area (Å²) in [7, 11) is -2.48. The van der Waals surface area contributed by atoms with Crippen LogP contribution in [-0.2, 0) is 19.6 Å². The molecule has 88 valence electrons. The van der Waals surface area contributed by atoms with Gasteiger partial charge in [0.25, 0.3) is 0 Å². The SMILES string of the molecule is CCC1(O)CN(S(=O)(=O)CC(=O)OC)C1. The number of rotatable bonds is 4. The second-order valence-corrected chi connectivity index (χ2v) is 5.65. The first kappa shape index (κ1) is 12.4. The van der Waals surface area contributed by atoms with Gasteiger partial charge in [-0.25, -0.2) is 8.42 Å². The summed E-state index contributed by atoms with van der Waals surface area (Å²) in [6.07, 6.45) is 0.497. The van der Waals surface area contributed by atoms with E-state index in [0.717, 1.165) is 11.4 Å². The minimum Gasteiger partial charge on any atom is -0.468 e. The van der Waals surface area contributed by atoms with Crippen LogP contribution in [0.3, 0.4) is 0 Å². The molecule has 0 bridgehead atoms. The molecule has 15 heavy (non-hydrogen) atoms. The number of methoxy groups -OCH3 is 1. The van der Waals surface area contributed by atoms with E-state index >= 15 is 0 Å². The van der Waals surface area contributed by atoms with Gasteiger partial charge < -0.3 is 9.84 Å². The molecule has 0 aromatic heterocycles. The third kappa shape index (κ3) is 2.67. The molecule has 6 nitrogen and oxygen atoms in total. The fourth-order valence-electron chi connectivity index (χ4n) is 1.33. The number of sulfonamides is 1. The van der Waals surface area contributed by atoms with Crippen molar-refractivity contribution in [2.75, 3.05) is 26.0 Å². The van der Waals surface area contributed by atoms with Crippen molar-refractivity contribution in [2.45, 2.75) is 18.9 Å². The van der Waals surface area contributed by atoms with Crippen molar-refractivity contribution in [1.82, 2.24) is 4.31 Å². The van der Waals surface area contributed by atoms with Crippen LogP contribution in [0.25, 0.3) is 0 Å². The Hall–Kier alpha value is -0.660. The predicted molar refractivity (Wildman–Crippen MR) is 52.6 cm³/mol. The summed E-state index contributed by atoms with van der Waals surface area (Å²) in [6.45, 7) is 1.90. The highest BCUT2D eigenvalue weighted by molar-refractivity contribution is 7.89. The number of esters is 1. The van der Waals surface area contributed by atoms with E-state index in [1.165, 1.54) is 0 Å². The lowest BCUT2D eigenvalue weighted by molar-refractivity contribution is -0.137. The van der Waals surface area contributed by atoms with Gasteiger partial charge in [-0.2, -0.15) is 4.31 Å². The largest absolute Gasteiger partial charge is 0.468 e. The highest BCUT2D eigenvalue weighted by Gasteiger charge is 2.45. The summed E-state index contributed by atoms with van der Waals surface area (Å²) in [6, 6.07) is 0. The van der Waals surface area contributed by atoms with Crippen molar-refractivity contribution in [3.05, 3.63) is 0 Å². The molecule has 1 fully saturated rings. The molecule has 1 aliphatic rings. The summed E-state index contributed by atoms with van der Waals surface area (Å²) < 4.78 is 28.4. The number of nitrogens with zero attached hydrogens (tertiary/aromatic N) is 1. The Morgan fingerprint density at radius 2 is 2.07 bits per heavy atom. The Morgan fingerprint density at radius 3 is 2.47 bits per heavy atom. The molecule has 1 rings (SSSR count). The van der Waals surface area contributed by atoms with Gasteiger partial charge in [-0.3, -0.25) is 4.79 Å². The number of β-amino-alcohol motifs (C(OH)–C–C–N with tert-alkyl or cyclic N) is 1. The van der Waals surface area contributed by atoms with Gasteiger partial charge in [0.15, 0.2) is 5.75 Å². The van der Waals surface area contributed by atoms with Gasteiger partial charge in [0.2, 0.25) is 10.0 Å². The topological polar surface area (TPSA) is 83.9 Å². The average Bonchev–Trinajstić information content (AvgIpc) is 2.11. The third-order valence-electron chi connectivity index (χ3n) is 2.52. The Labute approximate surface area is 88.9 Å². The summed E-state index contributed by atoms with van der Waals surface area (Å²) in [5.41, 5.74) is -0.927. The van der Waals surface area contributed by atoms with Crippen LogP contribution in [0.1, 0.15) is 13.3 Å². The van der Waals surface area contributed by atoms with Crippen LogP contribution in [0.15, 0.2) is 0 Å². The second kappa shape index (κ2) is 4.07. The standard InChI is InChI=1S/C8H15NO5S/c1-3-8(11)5-9(6-8)15(12,13)4-7(10)14-2/h11H,3-6H2,1-2H3. The van der Waals surface area contributed by atoms with Gasteiger partial charge in [0.1, 0.15) is 0 Å². The van der Waals surface area contributed by atoms with Crippen molar-refractivity contribution in [1.29, 1.82) is 0 Å². The maximum Gasteiger partial charge on any atom is 0.322 e. The lowest BCUT2D eigenvalue weighted by atomic mass is 9.94. The summed E-state index contributed by atoms with van der Waals surface area (Å²) in [5, 5.41) is 9.62. The highest BCUT2D eigenvalue weighted by atomic mass is 32.2. The van der Waals surface area contributed by atoms with Crippen LogP contribution in [0.5, 0.6) is 0 Å². The van der Waals surface area contributed by atoms with Crippen LogP contribution in [0.4, 0.5) is 0 Å². The smallest absolute Gasteiger partial charge is 0.322 e. The molecule has 0 aliphatic carbocycles.